The number of carbonyl (C=O) groups is 1. The van der Waals surface area contributed by atoms with E-state index >= 15 is 0 Å². The van der Waals surface area contributed by atoms with Crippen molar-refractivity contribution in [2.75, 3.05) is 5.75 Å². The molecule has 0 aromatic heterocycles. The summed E-state index contributed by atoms with van der Waals surface area (Å²) in [5.74, 6) is 0.164. The van der Waals surface area contributed by atoms with Gasteiger partial charge in [-0.2, -0.15) is 0 Å². The summed E-state index contributed by atoms with van der Waals surface area (Å²) in [7, 11) is 0. The average molecular weight is 130 g/mol. The van der Waals surface area contributed by atoms with Gasteiger partial charge >= 0.3 is 5.97 Å². The van der Waals surface area contributed by atoms with E-state index < -0.39 is 5.97 Å². The van der Waals surface area contributed by atoms with Gasteiger partial charge in [0.2, 0.25) is 0 Å². The summed E-state index contributed by atoms with van der Waals surface area (Å²) in [6, 6.07) is 0. The molecule has 0 saturated carbocycles. The third-order valence-electron chi connectivity index (χ3n) is 0.990. The lowest BCUT2D eigenvalue weighted by molar-refractivity contribution is -0.132. The molecule has 1 aliphatic heterocycles. The SMILES string of the molecule is O=C(O)C1=CSCC1. The van der Waals surface area contributed by atoms with Gasteiger partial charge in [-0.1, -0.05) is 0 Å². The van der Waals surface area contributed by atoms with Crippen molar-refractivity contribution >= 4 is 17.7 Å². The summed E-state index contributed by atoms with van der Waals surface area (Å²) in [4.78, 5) is 10.1. The van der Waals surface area contributed by atoms with Gasteiger partial charge in [0.15, 0.2) is 0 Å². The molecule has 0 aliphatic carbocycles. The second kappa shape index (κ2) is 2.22. The van der Waals surface area contributed by atoms with Crippen LogP contribution in [0.2, 0.25) is 0 Å². The van der Waals surface area contributed by atoms with Gasteiger partial charge in [-0.25, -0.2) is 4.79 Å². The Morgan fingerprint density at radius 1 is 1.88 bits per heavy atom. The molecular weight excluding hydrogens is 124 g/mol. The third kappa shape index (κ3) is 1.04. The summed E-state index contributed by atoms with van der Waals surface area (Å²) >= 11 is 1.57. The standard InChI is InChI=1S/C5H6O2S/c6-5(7)4-1-2-8-3-4/h3H,1-2H2,(H,6,7). The number of rotatable bonds is 1. The zero-order chi connectivity index (χ0) is 5.98. The lowest BCUT2D eigenvalue weighted by atomic mass is 10.2. The van der Waals surface area contributed by atoms with E-state index in [2.05, 4.69) is 0 Å². The molecule has 0 spiro atoms. The molecule has 0 atom stereocenters. The fraction of sp³-hybridized carbons (Fsp3) is 0.400. The van der Waals surface area contributed by atoms with E-state index in [0.717, 1.165) is 12.2 Å². The molecule has 0 aromatic rings. The molecule has 0 radical (unpaired) electrons. The molecule has 8 heavy (non-hydrogen) atoms. The molecule has 0 bridgehead atoms. The van der Waals surface area contributed by atoms with Crippen molar-refractivity contribution in [3.63, 3.8) is 0 Å². The highest BCUT2D eigenvalue weighted by Crippen LogP contribution is 2.21. The average Bonchev–Trinajstić information content (AvgIpc) is 2.12. The second-order valence-electron chi connectivity index (χ2n) is 1.57. The number of aliphatic carboxylic acids is 1. The van der Waals surface area contributed by atoms with Crippen molar-refractivity contribution < 1.29 is 9.90 Å². The van der Waals surface area contributed by atoms with Crippen molar-refractivity contribution in [3.05, 3.63) is 11.0 Å². The summed E-state index contributed by atoms with van der Waals surface area (Å²) in [6.45, 7) is 0. The molecule has 1 heterocycles. The monoisotopic (exact) mass is 130 g/mol. The topological polar surface area (TPSA) is 37.3 Å². The van der Waals surface area contributed by atoms with Gasteiger partial charge in [0, 0.05) is 11.3 Å². The highest BCUT2D eigenvalue weighted by molar-refractivity contribution is 8.02. The largest absolute Gasteiger partial charge is 0.478 e. The minimum absolute atomic E-state index is 0.551. The minimum Gasteiger partial charge on any atom is -0.478 e. The molecule has 1 rings (SSSR count). The molecule has 1 N–H and O–H groups in total. The van der Waals surface area contributed by atoms with Crippen LogP contribution in [0.5, 0.6) is 0 Å². The third-order valence-corrected chi connectivity index (χ3v) is 1.88. The normalized spacial score (nSPS) is 18.2. The van der Waals surface area contributed by atoms with E-state index in [9.17, 15) is 4.79 Å². The molecule has 0 aromatic carbocycles. The summed E-state index contributed by atoms with van der Waals surface area (Å²) in [5, 5.41) is 10.0. The quantitative estimate of drug-likeness (QED) is 0.577. The van der Waals surface area contributed by atoms with E-state index in [4.69, 9.17) is 5.11 Å². The molecule has 1 aliphatic rings. The van der Waals surface area contributed by atoms with E-state index in [1.165, 1.54) is 0 Å². The van der Waals surface area contributed by atoms with Crippen LogP contribution in [-0.4, -0.2) is 16.8 Å². The molecule has 2 nitrogen and oxygen atoms in total. The van der Waals surface area contributed by atoms with Gasteiger partial charge in [0.25, 0.3) is 0 Å². The first-order chi connectivity index (χ1) is 3.80. The Morgan fingerprint density at radius 3 is 2.88 bits per heavy atom. The molecule has 0 fully saturated rings. The molecule has 0 saturated heterocycles. The van der Waals surface area contributed by atoms with Crippen molar-refractivity contribution in [3.8, 4) is 0 Å². The summed E-state index contributed by atoms with van der Waals surface area (Å²) < 4.78 is 0. The molecule has 0 unspecified atom stereocenters. The van der Waals surface area contributed by atoms with Crippen molar-refractivity contribution in [2.45, 2.75) is 6.42 Å². The van der Waals surface area contributed by atoms with E-state index in [0.29, 0.717) is 5.57 Å². The Labute approximate surface area is 51.6 Å². The van der Waals surface area contributed by atoms with Crippen molar-refractivity contribution in [1.82, 2.24) is 0 Å². The number of hydrogen-bond acceptors (Lipinski definition) is 2. The van der Waals surface area contributed by atoms with Crippen LogP contribution in [-0.2, 0) is 4.79 Å². The number of thioether (sulfide) groups is 1. The fourth-order valence-electron chi connectivity index (χ4n) is 0.545. The highest BCUT2D eigenvalue weighted by Gasteiger charge is 2.10. The maximum Gasteiger partial charge on any atom is 0.332 e. The highest BCUT2D eigenvalue weighted by atomic mass is 32.2. The summed E-state index contributed by atoms with van der Waals surface area (Å²) in [6.07, 6.45) is 0.722. The van der Waals surface area contributed by atoms with E-state index in [1.807, 2.05) is 0 Å². The zero-order valence-corrected chi connectivity index (χ0v) is 5.07. The summed E-state index contributed by atoms with van der Waals surface area (Å²) in [5.41, 5.74) is 0.551. The smallest absolute Gasteiger partial charge is 0.332 e. The van der Waals surface area contributed by atoms with Crippen LogP contribution >= 0.6 is 11.8 Å². The van der Waals surface area contributed by atoms with Crippen LogP contribution in [0, 0.1) is 0 Å². The van der Waals surface area contributed by atoms with Crippen LogP contribution < -0.4 is 0 Å². The van der Waals surface area contributed by atoms with Crippen LogP contribution in [0.15, 0.2) is 11.0 Å². The van der Waals surface area contributed by atoms with Gasteiger partial charge in [-0.15, -0.1) is 11.8 Å². The first-order valence-corrected chi connectivity index (χ1v) is 3.39. The number of carboxylic acid groups (broad SMARTS) is 1. The Kier molecular flexibility index (Phi) is 1.58. The Bertz CT molecular complexity index is 139. The van der Waals surface area contributed by atoms with Gasteiger partial charge in [-0.05, 0) is 11.8 Å². The van der Waals surface area contributed by atoms with Crippen LogP contribution in [0.3, 0.4) is 0 Å². The fourth-order valence-corrected chi connectivity index (χ4v) is 1.42. The Balaban J connectivity index is 2.57. The maximum atomic E-state index is 10.1. The van der Waals surface area contributed by atoms with Gasteiger partial charge in [0.05, 0.1) is 0 Å². The van der Waals surface area contributed by atoms with Gasteiger partial charge < -0.3 is 5.11 Å². The minimum atomic E-state index is -0.769. The zero-order valence-electron chi connectivity index (χ0n) is 4.26. The van der Waals surface area contributed by atoms with Gasteiger partial charge in [0.1, 0.15) is 0 Å². The van der Waals surface area contributed by atoms with Gasteiger partial charge in [-0.3, -0.25) is 0 Å². The molecule has 44 valence electrons. The molecular formula is C5H6O2S. The predicted molar refractivity (Wildman–Crippen MR) is 32.8 cm³/mol. The number of hydrogen-bond donors (Lipinski definition) is 1. The van der Waals surface area contributed by atoms with E-state index in [-0.39, 0.29) is 0 Å². The number of carboxylic acids is 1. The van der Waals surface area contributed by atoms with Crippen LogP contribution in [0.25, 0.3) is 0 Å². The lowest BCUT2D eigenvalue weighted by Crippen LogP contribution is -1.96. The first-order valence-electron chi connectivity index (χ1n) is 2.34. The van der Waals surface area contributed by atoms with Crippen LogP contribution in [0.1, 0.15) is 6.42 Å². The second-order valence-corrected chi connectivity index (χ2v) is 2.55. The van der Waals surface area contributed by atoms with Crippen molar-refractivity contribution in [2.24, 2.45) is 0 Å². The molecule has 0 amide bonds. The molecule has 3 heteroatoms. The maximum absolute atomic E-state index is 10.1. The first kappa shape index (κ1) is 5.69. The van der Waals surface area contributed by atoms with Crippen LogP contribution in [0.4, 0.5) is 0 Å². The van der Waals surface area contributed by atoms with E-state index in [1.54, 1.807) is 17.2 Å². The Morgan fingerprint density at radius 2 is 2.62 bits per heavy atom. The predicted octanol–water partition coefficient (Wildman–Crippen LogP) is 1.09. The Hall–Kier alpha value is -0.440. The van der Waals surface area contributed by atoms with Crippen molar-refractivity contribution in [1.29, 1.82) is 0 Å². The lowest BCUT2D eigenvalue weighted by Gasteiger charge is -1.86.